The Kier molecular flexibility index (Phi) is 5.36. The molecule has 88 valence electrons. The van der Waals surface area contributed by atoms with Crippen molar-refractivity contribution >= 4 is 5.97 Å². The van der Waals surface area contributed by atoms with Gasteiger partial charge in [0.2, 0.25) is 0 Å². The normalized spacial score (nSPS) is 10.1. The fourth-order valence-corrected chi connectivity index (χ4v) is 1.28. The molecule has 0 aliphatic rings. The molecule has 0 amide bonds. The van der Waals surface area contributed by atoms with Crippen LogP contribution in [0.5, 0.6) is 5.75 Å². The molecule has 1 rings (SSSR count). The molecular formula is C12H16O4. The number of carbonyl (C=O) groups is 1. The van der Waals surface area contributed by atoms with E-state index in [4.69, 9.17) is 14.6 Å². The lowest BCUT2D eigenvalue weighted by Gasteiger charge is -2.06. The fourth-order valence-electron chi connectivity index (χ4n) is 1.28. The van der Waals surface area contributed by atoms with E-state index in [-0.39, 0.29) is 6.42 Å². The number of hydrogen-bond donors (Lipinski definition) is 1. The number of methoxy groups -OCH3 is 1. The van der Waals surface area contributed by atoms with Crippen LogP contribution < -0.4 is 4.74 Å². The van der Waals surface area contributed by atoms with Gasteiger partial charge in [0.05, 0.1) is 6.61 Å². The summed E-state index contributed by atoms with van der Waals surface area (Å²) in [5, 5.41) is 8.57. The summed E-state index contributed by atoms with van der Waals surface area (Å²) in [6.07, 6.45) is 0.665. The van der Waals surface area contributed by atoms with Gasteiger partial charge in [0.25, 0.3) is 0 Å². The lowest BCUT2D eigenvalue weighted by atomic mass is 10.1. The van der Waals surface area contributed by atoms with Gasteiger partial charge in [-0.1, -0.05) is 12.1 Å². The van der Waals surface area contributed by atoms with E-state index in [0.29, 0.717) is 19.6 Å². The minimum atomic E-state index is -0.786. The van der Waals surface area contributed by atoms with Gasteiger partial charge in [-0.05, 0) is 24.1 Å². The summed E-state index contributed by atoms with van der Waals surface area (Å²) in [7, 11) is 1.62. The van der Waals surface area contributed by atoms with E-state index in [2.05, 4.69) is 0 Å². The molecule has 0 radical (unpaired) electrons. The van der Waals surface area contributed by atoms with Crippen molar-refractivity contribution in [3.63, 3.8) is 0 Å². The van der Waals surface area contributed by atoms with E-state index in [1.54, 1.807) is 7.11 Å². The van der Waals surface area contributed by atoms with E-state index < -0.39 is 5.97 Å². The molecule has 4 nitrogen and oxygen atoms in total. The topological polar surface area (TPSA) is 55.8 Å². The zero-order valence-corrected chi connectivity index (χ0v) is 9.31. The third kappa shape index (κ3) is 4.79. The van der Waals surface area contributed by atoms with Crippen molar-refractivity contribution in [1.82, 2.24) is 0 Å². The van der Waals surface area contributed by atoms with Crippen LogP contribution in [0.25, 0.3) is 0 Å². The van der Waals surface area contributed by atoms with Crippen molar-refractivity contribution in [1.29, 1.82) is 0 Å². The maximum absolute atomic E-state index is 10.4. The maximum Gasteiger partial charge on any atom is 0.303 e. The average molecular weight is 224 g/mol. The van der Waals surface area contributed by atoms with Gasteiger partial charge in [0, 0.05) is 13.5 Å². The summed E-state index contributed by atoms with van der Waals surface area (Å²) in [6, 6.07) is 7.46. The van der Waals surface area contributed by atoms with Crippen LogP contribution in [-0.4, -0.2) is 31.4 Å². The number of carboxylic acid groups (broad SMARTS) is 1. The first-order valence-electron chi connectivity index (χ1n) is 5.15. The van der Waals surface area contributed by atoms with E-state index >= 15 is 0 Å². The fraction of sp³-hybridized carbons (Fsp3) is 0.417. The highest BCUT2D eigenvalue weighted by atomic mass is 16.5. The maximum atomic E-state index is 10.4. The molecule has 1 aromatic rings. The van der Waals surface area contributed by atoms with Gasteiger partial charge in [-0.25, -0.2) is 0 Å². The molecule has 0 saturated carbocycles. The summed E-state index contributed by atoms with van der Waals surface area (Å²) < 4.78 is 10.3. The Morgan fingerprint density at radius 1 is 1.38 bits per heavy atom. The monoisotopic (exact) mass is 224 g/mol. The number of aryl methyl sites for hydroxylation is 1. The van der Waals surface area contributed by atoms with Crippen LogP contribution in [0.1, 0.15) is 12.0 Å². The molecule has 16 heavy (non-hydrogen) atoms. The summed E-state index contributed by atoms with van der Waals surface area (Å²) in [5.41, 5.74) is 0.970. The first kappa shape index (κ1) is 12.5. The smallest absolute Gasteiger partial charge is 0.303 e. The zero-order valence-electron chi connectivity index (χ0n) is 9.31. The number of benzene rings is 1. The minimum Gasteiger partial charge on any atom is -0.491 e. The first-order chi connectivity index (χ1) is 7.72. The van der Waals surface area contributed by atoms with Crippen molar-refractivity contribution in [3.8, 4) is 5.75 Å². The summed E-state index contributed by atoms with van der Waals surface area (Å²) >= 11 is 0. The number of hydrogen-bond acceptors (Lipinski definition) is 3. The zero-order chi connectivity index (χ0) is 11.8. The summed E-state index contributed by atoms with van der Waals surface area (Å²) in [4.78, 5) is 10.4. The van der Waals surface area contributed by atoms with Gasteiger partial charge in [-0.15, -0.1) is 0 Å². The van der Waals surface area contributed by atoms with Crippen molar-refractivity contribution in [2.45, 2.75) is 12.8 Å². The number of ether oxygens (including phenoxy) is 2. The molecule has 0 heterocycles. The predicted octanol–water partition coefficient (Wildman–Crippen LogP) is 1.73. The van der Waals surface area contributed by atoms with Crippen molar-refractivity contribution in [3.05, 3.63) is 29.8 Å². The highest BCUT2D eigenvalue weighted by Gasteiger charge is 2.00. The molecule has 1 N–H and O–H groups in total. The Balaban J connectivity index is 2.46. The van der Waals surface area contributed by atoms with Gasteiger partial charge in [0.15, 0.2) is 0 Å². The number of carboxylic acids is 1. The highest BCUT2D eigenvalue weighted by molar-refractivity contribution is 5.67. The van der Waals surface area contributed by atoms with E-state index in [0.717, 1.165) is 11.3 Å². The summed E-state index contributed by atoms with van der Waals surface area (Å²) in [5.74, 6) is -0.0364. The predicted molar refractivity (Wildman–Crippen MR) is 59.8 cm³/mol. The molecule has 0 saturated heterocycles. The largest absolute Gasteiger partial charge is 0.491 e. The molecule has 0 bridgehead atoms. The van der Waals surface area contributed by atoms with Crippen LogP contribution in [0.15, 0.2) is 24.3 Å². The van der Waals surface area contributed by atoms with E-state index in [1.807, 2.05) is 24.3 Å². The van der Waals surface area contributed by atoms with Crippen LogP contribution in [-0.2, 0) is 16.0 Å². The molecule has 0 aromatic heterocycles. The Morgan fingerprint density at radius 3 is 2.88 bits per heavy atom. The van der Waals surface area contributed by atoms with Crippen molar-refractivity contribution in [2.24, 2.45) is 0 Å². The molecule has 0 spiro atoms. The standard InChI is InChI=1S/C12H16O4/c1-15-7-8-16-11-4-2-3-10(9-11)5-6-12(13)14/h2-4,9H,5-8H2,1H3,(H,13,14). The molecule has 0 aliphatic carbocycles. The summed E-state index contributed by atoms with van der Waals surface area (Å²) in [6.45, 7) is 1.04. The Morgan fingerprint density at radius 2 is 2.19 bits per heavy atom. The molecule has 0 unspecified atom stereocenters. The quantitative estimate of drug-likeness (QED) is 0.716. The van der Waals surface area contributed by atoms with Gasteiger partial charge in [-0.2, -0.15) is 0 Å². The van der Waals surface area contributed by atoms with Gasteiger partial charge in [-0.3, -0.25) is 4.79 Å². The van der Waals surface area contributed by atoms with Crippen LogP contribution in [0.4, 0.5) is 0 Å². The van der Waals surface area contributed by atoms with Gasteiger partial charge in [0.1, 0.15) is 12.4 Å². The van der Waals surface area contributed by atoms with Crippen LogP contribution in [0.2, 0.25) is 0 Å². The van der Waals surface area contributed by atoms with Crippen LogP contribution in [0.3, 0.4) is 0 Å². The van der Waals surface area contributed by atoms with Gasteiger partial charge < -0.3 is 14.6 Å². The second-order valence-electron chi connectivity index (χ2n) is 3.38. The minimum absolute atomic E-state index is 0.140. The van der Waals surface area contributed by atoms with Crippen molar-refractivity contribution in [2.75, 3.05) is 20.3 Å². The SMILES string of the molecule is COCCOc1cccc(CCC(=O)O)c1. The Labute approximate surface area is 94.8 Å². The van der Waals surface area contributed by atoms with E-state index in [1.165, 1.54) is 0 Å². The second kappa shape index (κ2) is 6.85. The first-order valence-corrected chi connectivity index (χ1v) is 5.15. The molecule has 4 heteroatoms. The lowest BCUT2D eigenvalue weighted by molar-refractivity contribution is -0.136. The average Bonchev–Trinajstić information content (AvgIpc) is 2.27. The van der Waals surface area contributed by atoms with Gasteiger partial charge >= 0.3 is 5.97 Å². The van der Waals surface area contributed by atoms with Crippen LogP contribution >= 0.6 is 0 Å². The Hall–Kier alpha value is -1.55. The second-order valence-corrected chi connectivity index (χ2v) is 3.38. The molecule has 0 fully saturated rings. The van der Waals surface area contributed by atoms with Crippen LogP contribution in [0, 0.1) is 0 Å². The van der Waals surface area contributed by atoms with E-state index in [9.17, 15) is 4.79 Å². The highest BCUT2D eigenvalue weighted by Crippen LogP contribution is 2.14. The third-order valence-electron chi connectivity index (χ3n) is 2.08. The Bertz CT molecular complexity index is 336. The molecule has 0 aliphatic heterocycles. The molecule has 1 aromatic carbocycles. The molecule has 0 atom stereocenters. The van der Waals surface area contributed by atoms with Crippen molar-refractivity contribution < 1.29 is 19.4 Å². The third-order valence-corrected chi connectivity index (χ3v) is 2.08. The number of rotatable bonds is 7. The lowest BCUT2D eigenvalue weighted by Crippen LogP contribution is -2.04. The molecular weight excluding hydrogens is 208 g/mol. The number of aliphatic carboxylic acids is 1.